The molecule has 2 N–H and O–H groups in total. The standard InChI is InChI=1S/C10H12BrNO/c1-6-2-8-3-7(5-12)4-9(11)10(8)13-6/h3-4,6H,2,5,12H2,1H3. The highest BCUT2D eigenvalue weighted by atomic mass is 79.9. The third kappa shape index (κ3) is 1.58. The first kappa shape index (κ1) is 9.03. The number of halogens is 1. The van der Waals surface area contributed by atoms with Gasteiger partial charge in [0.1, 0.15) is 11.9 Å². The molecule has 70 valence electrons. The fraction of sp³-hybridized carbons (Fsp3) is 0.400. The van der Waals surface area contributed by atoms with E-state index in [1.807, 2.05) is 6.07 Å². The highest BCUT2D eigenvalue weighted by Gasteiger charge is 2.21. The molecular weight excluding hydrogens is 230 g/mol. The van der Waals surface area contributed by atoms with E-state index in [4.69, 9.17) is 10.5 Å². The van der Waals surface area contributed by atoms with Gasteiger partial charge in [0.2, 0.25) is 0 Å². The van der Waals surface area contributed by atoms with Crippen LogP contribution in [0, 0.1) is 0 Å². The average Bonchev–Trinajstić information content (AvgIpc) is 2.46. The summed E-state index contributed by atoms with van der Waals surface area (Å²) >= 11 is 3.49. The molecule has 1 unspecified atom stereocenters. The van der Waals surface area contributed by atoms with Crippen LogP contribution < -0.4 is 10.5 Å². The summed E-state index contributed by atoms with van der Waals surface area (Å²) in [7, 11) is 0. The number of ether oxygens (including phenoxy) is 1. The first-order valence-electron chi connectivity index (χ1n) is 4.38. The Kier molecular flexibility index (Phi) is 2.30. The highest BCUT2D eigenvalue weighted by molar-refractivity contribution is 9.10. The van der Waals surface area contributed by atoms with Gasteiger partial charge in [-0.15, -0.1) is 0 Å². The van der Waals surface area contributed by atoms with Crippen LogP contribution >= 0.6 is 15.9 Å². The normalized spacial score (nSPS) is 19.8. The van der Waals surface area contributed by atoms with Crippen molar-refractivity contribution >= 4 is 15.9 Å². The summed E-state index contributed by atoms with van der Waals surface area (Å²) in [4.78, 5) is 0. The topological polar surface area (TPSA) is 35.2 Å². The van der Waals surface area contributed by atoms with E-state index in [-0.39, 0.29) is 0 Å². The van der Waals surface area contributed by atoms with Crippen molar-refractivity contribution in [3.8, 4) is 5.75 Å². The van der Waals surface area contributed by atoms with Gasteiger partial charge in [0.15, 0.2) is 0 Å². The van der Waals surface area contributed by atoms with E-state index in [1.165, 1.54) is 5.56 Å². The van der Waals surface area contributed by atoms with Crippen LogP contribution in [0.5, 0.6) is 5.75 Å². The SMILES string of the molecule is CC1Cc2cc(CN)cc(Br)c2O1. The van der Waals surface area contributed by atoms with Crippen molar-refractivity contribution in [1.82, 2.24) is 0 Å². The molecule has 0 saturated carbocycles. The molecule has 0 bridgehead atoms. The summed E-state index contributed by atoms with van der Waals surface area (Å²) in [5, 5.41) is 0. The molecule has 1 aromatic rings. The predicted octanol–water partition coefficient (Wildman–Crippen LogP) is 2.23. The first-order chi connectivity index (χ1) is 6.20. The predicted molar refractivity (Wildman–Crippen MR) is 55.8 cm³/mol. The lowest BCUT2D eigenvalue weighted by molar-refractivity contribution is 0.253. The van der Waals surface area contributed by atoms with E-state index in [9.17, 15) is 0 Å². The number of hydrogen-bond donors (Lipinski definition) is 1. The summed E-state index contributed by atoms with van der Waals surface area (Å²) in [6.45, 7) is 2.66. The van der Waals surface area contributed by atoms with Gasteiger partial charge in [0.25, 0.3) is 0 Å². The molecule has 0 fully saturated rings. The zero-order valence-corrected chi connectivity index (χ0v) is 9.10. The Balaban J connectivity index is 2.46. The van der Waals surface area contributed by atoms with Crippen molar-refractivity contribution in [2.45, 2.75) is 26.0 Å². The molecule has 1 aromatic carbocycles. The molecule has 0 spiro atoms. The Morgan fingerprint density at radius 1 is 1.62 bits per heavy atom. The molecule has 3 heteroatoms. The van der Waals surface area contributed by atoms with Crippen molar-refractivity contribution < 1.29 is 4.74 Å². The molecule has 2 nitrogen and oxygen atoms in total. The Morgan fingerprint density at radius 2 is 2.38 bits per heavy atom. The molecule has 0 aliphatic carbocycles. The maximum absolute atomic E-state index is 5.65. The number of hydrogen-bond acceptors (Lipinski definition) is 2. The van der Waals surface area contributed by atoms with E-state index < -0.39 is 0 Å². The summed E-state index contributed by atoms with van der Waals surface area (Å²) in [6, 6.07) is 4.15. The summed E-state index contributed by atoms with van der Waals surface area (Å²) in [5.74, 6) is 0.990. The van der Waals surface area contributed by atoms with Crippen LogP contribution in [0.15, 0.2) is 16.6 Å². The van der Waals surface area contributed by atoms with E-state index in [1.54, 1.807) is 0 Å². The van der Waals surface area contributed by atoms with Crippen LogP contribution in [0.2, 0.25) is 0 Å². The maximum Gasteiger partial charge on any atom is 0.137 e. The quantitative estimate of drug-likeness (QED) is 0.819. The minimum absolute atomic E-state index is 0.291. The van der Waals surface area contributed by atoms with Crippen molar-refractivity contribution in [3.63, 3.8) is 0 Å². The van der Waals surface area contributed by atoms with E-state index in [2.05, 4.69) is 28.9 Å². The maximum atomic E-state index is 5.65. The van der Waals surface area contributed by atoms with Gasteiger partial charge in [-0.2, -0.15) is 0 Å². The molecular formula is C10H12BrNO. The van der Waals surface area contributed by atoms with Crippen molar-refractivity contribution in [2.24, 2.45) is 5.73 Å². The lowest BCUT2D eigenvalue weighted by Gasteiger charge is -2.05. The monoisotopic (exact) mass is 241 g/mol. The van der Waals surface area contributed by atoms with Gasteiger partial charge in [0.05, 0.1) is 4.47 Å². The molecule has 1 heterocycles. The minimum atomic E-state index is 0.291. The summed E-state index contributed by atoms with van der Waals surface area (Å²) in [5.41, 5.74) is 8.01. The van der Waals surface area contributed by atoms with Gasteiger partial charge in [-0.3, -0.25) is 0 Å². The minimum Gasteiger partial charge on any atom is -0.489 e. The number of fused-ring (bicyclic) bond motifs is 1. The van der Waals surface area contributed by atoms with Gasteiger partial charge in [0, 0.05) is 13.0 Å². The van der Waals surface area contributed by atoms with Crippen molar-refractivity contribution in [2.75, 3.05) is 0 Å². The van der Waals surface area contributed by atoms with Crippen LogP contribution in [-0.2, 0) is 13.0 Å². The molecule has 0 radical (unpaired) electrons. The largest absolute Gasteiger partial charge is 0.489 e. The number of rotatable bonds is 1. The molecule has 0 saturated heterocycles. The second-order valence-corrected chi connectivity index (χ2v) is 4.26. The lowest BCUT2D eigenvalue weighted by Crippen LogP contribution is -2.05. The van der Waals surface area contributed by atoms with E-state index in [0.29, 0.717) is 12.6 Å². The Hall–Kier alpha value is -0.540. The van der Waals surface area contributed by atoms with Gasteiger partial charge in [-0.25, -0.2) is 0 Å². The van der Waals surface area contributed by atoms with Crippen molar-refractivity contribution in [1.29, 1.82) is 0 Å². The van der Waals surface area contributed by atoms with Gasteiger partial charge in [-0.1, -0.05) is 6.07 Å². The van der Waals surface area contributed by atoms with Crippen LogP contribution in [0.25, 0.3) is 0 Å². The van der Waals surface area contributed by atoms with Crippen molar-refractivity contribution in [3.05, 3.63) is 27.7 Å². The molecule has 0 aromatic heterocycles. The summed E-state index contributed by atoms with van der Waals surface area (Å²) in [6.07, 6.45) is 1.28. The van der Waals surface area contributed by atoms with Crippen LogP contribution in [0.1, 0.15) is 18.1 Å². The van der Waals surface area contributed by atoms with Gasteiger partial charge >= 0.3 is 0 Å². The molecule has 1 aliphatic rings. The molecule has 1 atom stereocenters. The zero-order chi connectivity index (χ0) is 9.42. The van der Waals surface area contributed by atoms with Crippen LogP contribution in [0.3, 0.4) is 0 Å². The Bertz CT molecular complexity index is 338. The molecule has 1 aliphatic heterocycles. The Labute approximate surface area is 86.2 Å². The number of nitrogens with two attached hydrogens (primary N) is 1. The molecule has 0 amide bonds. The fourth-order valence-corrected chi connectivity index (χ4v) is 2.31. The summed E-state index contributed by atoms with van der Waals surface area (Å²) < 4.78 is 6.67. The molecule has 2 rings (SSSR count). The second-order valence-electron chi connectivity index (χ2n) is 3.40. The van der Waals surface area contributed by atoms with Gasteiger partial charge in [-0.05, 0) is 40.0 Å². The van der Waals surface area contributed by atoms with Crippen LogP contribution in [0.4, 0.5) is 0 Å². The Morgan fingerprint density at radius 3 is 3.08 bits per heavy atom. The number of benzene rings is 1. The first-order valence-corrected chi connectivity index (χ1v) is 5.18. The van der Waals surface area contributed by atoms with Gasteiger partial charge < -0.3 is 10.5 Å². The highest BCUT2D eigenvalue weighted by Crippen LogP contribution is 2.36. The van der Waals surface area contributed by atoms with Crippen LogP contribution in [-0.4, -0.2) is 6.10 Å². The van der Waals surface area contributed by atoms with E-state index in [0.717, 1.165) is 22.2 Å². The third-order valence-corrected chi connectivity index (χ3v) is 2.83. The average molecular weight is 242 g/mol. The second kappa shape index (κ2) is 3.31. The third-order valence-electron chi connectivity index (χ3n) is 2.24. The zero-order valence-electron chi connectivity index (χ0n) is 7.51. The lowest BCUT2D eigenvalue weighted by atomic mass is 10.1. The molecule has 13 heavy (non-hydrogen) atoms. The smallest absolute Gasteiger partial charge is 0.137 e. The fourth-order valence-electron chi connectivity index (χ4n) is 1.67. The van der Waals surface area contributed by atoms with E-state index >= 15 is 0 Å².